The van der Waals surface area contributed by atoms with E-state index in [-0.39, 0.29) is 12.6 Å². The normalized spacial score (nSPS) is 10.6. The molecule has 0 aliphatic heterocycles. The van der Waals surface area contributed by atoms with Crippen molar-refractivity contribution in [1.82, 2.24) is 15.2 Å². The maximum absolute atomic E-state index is 11.9. The molecule has 0 aliphatic rings. The number of aromatic nitrogens is 3. The molecule has 0 bridgehead atoms. The smallest absolute Gasteiger partial charge is 0.322 e. The van der Waals surface area contributed by atoms with Crippen LogP contribution in [0.5, 0.6) is 5.75 Å². The fraction of sp³-hybridized carbons (Fsp3) is 0.200. The van der Waals surface area contributed by atoms with Crippen LogP contribution in [-0.4, -0.2) is 27.7 Å². The van der Waals surface area contributed by atoms with Crippen LogP contribution in [0.1, 0.15) is 10.7 Å². The molecule has 0 saturated heterocycles. The molecule has 1 aromatic carbocycles. The minimum atomic E-state index is -0.405. The fourth-order valence-corrected chi connectivity index (χ4v) is 2.90. The first-order chi connectivity index (χ1) is 11.5. The van der Waals surface area contributed by atoms with Crippen LogP contribution in [-0.2, 0) is 4.79 Å². The molecule has 0 saturated carbocycles. The first kappa shape index (κ1) is 16.4. The Morgan fingerprint density at radius 1 is 1.29 bits per heavy atom. The number of halogens is 1. The summed E-state index contributed by atoms with van der Waals surface area (Å²) in [4.78, 5) is 17.0. The summed E-state index contributed by atoms with van der Waals surface area (Å²) >= 11 is 7.23. The molecule has 2 aromatic heterocycles. The van der Waals surface area contributed by atoms with Gasteiger partial charge in [0, 0.05) is 5.02 Å². The molecular formula is C15H13ClN4O3S. The van der Waals surface area contributed by atoms with Crippen LogP contribution >= 0.6 is 22.9 Å². The zero-order chi connectivity index (χ0) is 17.1. The third-order valence-corrected chi connectivity index (χ3v) is 4.27. The van der Waals surface area contributed by atoms with Gasteiger partial charge in [0.1, 0.15) is 10.6 Å². The van der Waals surface area contributed by atoms with Gasteiger partial charge in [0.2, 0.25) is 0 Å². The lowest BCUT2D eigenvalue weighted by Gasteiger charge is -2.04. The molecule has 0 spiro atoms. The number of nitrogens with one attached hydrogen (secondary N) is 1. The van der Waals surface area contributed by atoms with E-state index in [0.29, 0.717) is 16.7 Å². The number of ether oxygens (including phenoxy) is 1. The highest BCUT2D eigenvalue weighted by molar-refractivity contribution is 7.15. The van der Waals surface area contributed by atoms with E-state index < -0.39 is 5.91 Å². The number of aryl methyl sites for hydroxylation is 2. The van der Waals surface area contributed by atoms with E-state index in [1.807, 2.05) is 13.8 Å². The zero-order valence-electron chi connectivity index (χ0n) is 12.9. The number of nitrogens with zero attached hydrogens (tertiary/aromatic N) is 3. The number of anilines is 1. The Labute approximate surface area is 146 Å². The predicted octanol–water partition coefficient (Wildman–Crippen LogP) is 3.48. The molecule has 3 rings (SSSR count). The maximum Gasteiger partial charge on any atom is 0.322 e. The number of carbonyl (C=O) groups excluding carboxylic acids is 1. The van der Waals surface area contributed by atoms with Crippen LogP contribution < -0.4 is 10.1 Å². The summed E-state index contributed by atoms with van der Waals surface area (Å²) in [6.45, 7) is 3.58. The fourth-order valence-electron chi connectivity index (χ4n) is 1.93. The average Bonchev–Trinajstić information content (AvgIpc) is 3.12. The summed E-state index contributed by atoms with van der Waals surface area (Å²) < 4.78 is 10.8. The first-order valence-corrected chi connectivity index (χ1v) is 8.17. The highest BCUT2D eigenvalue weighted by atomic mass is 35.5. The van der Waals surface area contributed by atoms with Crippen molar-refractivity contribution < 1.29 is 13.9 Å². The minimum Gasteiger partial charge on any atom is -0.484 e. The molecule has 124 valence electrons. The van der Waals surface area contributed by atoms with Crippen LogP contribution in [0.4, 0.5) is 6.01 Å². The quantitative estimate of drug-likeness (QED) is 0.745. The molecule has 1 N–H and O–H groups in total. The van der Waals surface area contributed by atoms with Crippen molar-refractivity contribution in [1.29, 1.82) is 0 Å². The lowest BCUT2D eigenvalue weighted by molar-refractivity contribution is -0.118. The first-order valence-electron chi connectivity index (χ1n) is 6.97. The lowest BCUT2D eigenvalue weighted by atomic mass is 10.3. The number of hydrogen-bond donors (Lipinski definition) is 1. The molecule has 0 unspecified atom stereocenters. The van der Waals surface area contributed by atoms with Crippen molar-refractivity contribution in [2.45, 2.75) is 13.8 Å². The van der Waals surface area contributed by atoms with Crippen molar-refractivity contribution in [2.24, 2.45) is 0 Å². The molecule has 0 radical (unpaired) electrons. The largest absolute Gasteiger partial charge is 0.484 e. The van der Waals surface area contributed by atoms with Crippen molar-refractivity contribution in [3.63, 3.8) is 0 Å². The summed E-state index contributed by atoms with van der Waals surface area (Å²) in [6.07, 6.45) is 0. The van der Waals surface area contributed by atoms with Crippen molar-refractivity contribution in [3.05, 3.63) is 40.0 Å². The summed E-state index contributed by atoms with van der Waals surface area (Å²) in [7, 11) is 0. The Kier molecular flexibility index (Phi) is 4.77. The van der Waals surface area contributed by atoms with Gasteiger partial charge in [0.05, 0.1) is 10.7 Å². The molecule has 0 atom stereocenters. The van der Waals surface area contributed by atoms with Gasteiger partial charge in [-0.15, -0.1) is 16.4 Å². The standard InChI is InChI=1S/C15H13ClN4O3S/c1-8-13(24-9(2)17-8)14-19-20-15(23-14)18-12(21)7-22-11-5-3-10(16)4-6-11/h3-6H,7H2,1-2H3,(H,18,20,21). The Morgan fingerprint density at radius 2 is 2.04 bits per heavy atom. The molecule has 1 amide bonds. The molecule has 0 aliphatic carbocycles. The molecule has 2 heterocycles. The van der Waals surface area contributed by atoms with Crippen LogP contribution in [0.15, 0.2) is 28.7 Å². The van der Waals surface area contributed by atoms with E-state index in [9.17, 15) is 4.79 Å². The van der Waals surface area contributed by atoms with Crippen molar-refractivity contribution in [3.8, 4) is 16.5 Å². The van der Waals surface area contributed by atoms with Gasteiger partial charge in [-0.1, -0.05) is 16.7 Å². The second kappa shape index (κ2) is 6.98. The molecule has 24 heavy (non-hydrogen) atoms. The average molecular weight is 365 g/mol. The highest BCUT2D eigenvalue weighted by Gasteiger charge is 2.16. The third-order valence-electron chi connectivity index (χ3n) is 2.95. The molecule has 7 nitrogen and oxygen atoms in total. The van der Waals surface area contributed by atoms with Gasteiger partial charge in [0.15, 0.2) is 6.61 Å². The molecular weight excluding hydrogens is 352 g/mol. The van der Waals surface area contributed by atoms with Gasteiger partial charge in [-0.3, -0.25) is 10.1 Å². The van der Waals surface area contributed by atoms with Crippen molar-refractivity contribution in [2.75, 3.05) is 11.9 Å². The SMILES string of the molecule is Cc1nc(C)c(-c2nnc(NC(=O)COc3ccc(Cl)cc3)o2)s1. The van der Waals surface area contributed by atoms with E-state index in [1.54, 1.807) is 24.3 Å². The maximum atomic E-state index is 11.9. The number of rotatable bonds is 5. The Bertz CT molecular complexity index is 860. The van der Waals surface area contributed by atoms with Gasteiger partial charge >= 0.3 is 6.01 Å². The number of thiazole rings is 1. The molecule has 0 fully saturated rings. The van der Waals surface area contributed by atoms with Crippen molar-refractivity contribution >= 4 is 34.9 Å². The topological polar surface area (TPSA) is 90.1 Å². The van der Waals surface area contributed by atoms with Gasteiger partial charge < -0.3 is 9.15 Å². The Hall–Kier alpha value is -2.45. The molecule has 3 aromatic rings. The van der Waals surface area contributed by atoms with Gasteiger partial charge in [-0.25, -0.2) is 4.98 Å². The Balaban J connectivity index is 1.59. The van der Waals surface area contributed by atoms with Crippen LogP contribution in [0, 0.1) is 13.8 Å². The number of hydrogen-bond acceptors (Lipinski definition) is 7. The number of benzene rings is 1. The van der Waals surface area contributed by atoms with Gasteiger partial charge in [-0.05, 0) is 38.1 Å². The van der Waals surface area contributed by atoms with E-state index in [4.69, 9.17) is 20.8 Å². The van der Waals surface area contributed by atoms with Gasteiger partial charge in [-0.2, -0.15) is 0 Å². The Morgan fingerprint density at radius 3 is 2.71 bits per heavy atom. The number of amides is 1. The van der Waals surface area contributed by atoms with E-state index >= 15 is 0 Å². The minimum absolute atomic E-state index is 0.0140. The summed E-state index contributed by atoms with van der Waals surface area (Å²) in [5, 5.41) is 11.7. The van der Waals surface area contributed by atoms with Crippen LogP contribution in [0.2, 0.25) is 5.02 Å². The summed E-state index contributed by atoms with van der Waals surface area (Å²) in [5.41, 5.74) is 0.810. The zero-order valence-corrected chi connectivity index (χ0v) is 14.4. The van der Waals surface area contributed by atoms with Gasteiger partial charge in [0.25, 0.3) is 11.8 Å². The summed E-state index contributed by atoms with van der Waals surface area (Å²) in [5.74, 6) is 0.459. The summed E-state index contributed by atoms with van der Waals surface area (Å²) in [6, 6.07) is 6.72. The molecule has 9 heteroatoms. The highest BCUT2D eigenvalue weighted by Crippen LogP contribution is 2.29. The van der Waals surface area contributed by atoms with Crippen LogP contribution in [0.25, 0.3) is 10.8 Å². The predicted molar refractivity (Wildman–Crippen MR) is 90.5 cm³/mol. The second-order valence-electron chi connectivity index (χ2n) is 4.85. The monoisotopic (exact) mass is 364 g/mol. The third kappa shape index (κ3) is 3.90. The van der Waals surface area contributed by atoms with E-state index in [0.717, 1.165) is 15.6 Å². The van der Waals surface area contributed by atoms with E-state index in [1.165, 1.54) is 11.3 Å². The second-order valence-corrected chi connectivity index (χ2v) is 6.49. The number of carbonyl (C=O) groups is 1. The van der Waals surface area contributed by atoms with Crippen LogP contribution in [0.3, 0.4) is 0 Å². The van der Waals surface area contributed by atoms with E-state index in [2.05, 4.69) is 20.5 Å². The lowest BCUT2D eigenvalue weighted by Crippen LogP contribution is -2.20.